The molecule has 35 heavy (non-hydrogen) atoms. The molecule has 9 nitrogen and oxygen atoms in total. The van der Waals surface area contributed by atoms with E-state index in [1.165, 1.54) is 22.5 Å². The molecule has 3 aliphatic heterocycles. The van der Waals surface area contributed by atoms with E-state index in [1.54, 1.807) is 0 Å². The van der Waals surface area contributed by atoms with Gasteiger partial charge in [-0.2, -0.15) is 4.31 Å². The van der Waals surface area contributed by atoms with Crippen molar-refractivity contribution in [1.82, 2.24) is 19.4 Å². The zero-order chi connectivity index (χ0) is 25.0. The highest BCUT2D eigenvalue weighted by molar-refractivity contribution is 7.89. The van der Waals surface area contributed by atoms with Crippen LogP contribution in [0, 0.1) is 0 Å². The second-order valence-electron chi connectivity index (χ2n) is 9.34. The van der Waals surface area contributed by atoms with Crippen LogP contribution in [0.4, 0.5) is 0 Å². The number of hydrogen-bond donors (Lipinski definition) is 1. The number of halogens is 2. The molecule has 1 aromatic rings. The number of amides is 1. The van der Waals surface area contributed by atoms with E-state index in [1.807, 2.05) is 4.90 Å². The second kappa shape index (κ2) is 12.0. The predicted molar refractivity (Wildman–Crippen MR) is 134 cm³/mol. The topological polar surface area (TPSA) is 91.4 Å². The Bertz CT molecular complexity index is 990. The van der Waals surface area contributed by atoms with Crippen molar-refractivity contribution in [3.8, 4) is 0 Å². The van der Waals surface area contributed by atoms with Gasteiger partial charge in [0.05, 0.1) is 30.9 Å². The third-order valence-electron chi connectivity index (χ3n) is 7.03. The van der Waals surface area contributed by atoms with E-state index < -0.39 is 16.1 Å². The number of carbonyl (C=O) groups is 1. The van der Waals surface area contributed by atoms with Crippen molar-refractivity contribution in [1.29, 1.82) is 0 Å². The Balaban J connectivity index is 1.28. The fraction of sp³-hybridized carbons (Fsp3) is 0.696. The van der Waals surface area contributed by atoms with Crippen LogP contribution >= 0.6 is 23.2 Å². The average molecular weight is 550 g/mol. The van der Waals surface area contributed by atoms with Gasteiger partial charge in [0.15, 0.2) is 0 Å². The number of nitrogens with one attached hydrogen (secondary N) is 1. The Morgan fingerprint density at radius 3 is 2.69 bits per heavy atom. The van der Waals surface area contributed by atoms with Gasteiger partial charge in [-0.05, 0) is 38.0 Å². The summed E-state index contributed by atoms with van der Waals surface area (Å²) >= 11 is 12.1. The van der Waals surface area contributed by atoms with E-state index in [4.69, 9.17) is 32.7 Å². The SMILES string of the molecule is CC1CNCCN1C1CCN(C(=O)COC[C@@H]2COCCN2S(=O)(=O)c2ccc(Cl)cc2Cl)CC1. The Hall–Kier alpha value is -0.980. The first-order valence-electron chi connectivity index (χ1n) is 12.1. The summed E-state index contributed by atoms with van der Waals surface area (Å²) < 4.78 is 39.1. The molecule has 0 aliphatic carbocycles. The van der Waals surface area contributed by atoms with Crippen LogP contribution in [0.1, 0.15) is 19.8 Å². The van der Waals surface area contributed by atoms with E-state index in [2.05, 4.69) is 17.1 Å². The van der Waals surface area contributed by atoms with Gasteiger partial charge >= 0.3 is 0 Å². The first-order valence-corrected chi connectivity index (χ1v) is 14.3. The molecular formula is C23H34Cl2N4O5S. The van der Waals surface area contributed by atoms with Crippen molar-refractivity contribution in [2.24, 2.45) is 0 Å². The fourth-order valence-corrected chi connectivity index (χ4v) is 7.45. The molecule has 0 aromatic heterocycles. The first kappa shape index (κ1) is 27.1. The summed E-state index contributed by atoms with van der Waals surface area (Å²) in [5, 5.41) is 3.85. The molecule has 196 valence electrons. The van der Waals surface area contributed by atoms with Gasteiger partial charge in [-0.15, -0.1) is 0 Å². The van der Waals surface area contributed by atoms with Gasteiger partial charge in [0.2, 0.25) is 15.9 Å². The molecule has 3 fully saturated rings. The van der Waals surface area contributed by atoms with Crippen molar-refractivity contribution >= 4 is 39.1 Å². The molecule has 1 unspecified atom stereocenters. The first-order chi connectivity index (χ1) is 16.8. The van der Waals surface area contributed by atoms with Crippen LogP contribution in [-0.2, 0) is 24.3 Å². The minimum atomic E-state index is -3.87. The number of piperidine rings is 1. The van der Waals surface area contributed by atoms with Crippen LogP contribution in [0.5, 0.6) is 0 Å². The summed E-state index contributed by atoms with van der Waals surface area (Å²) in [6, 6.07) is 4.78. The maximum absolute atomic E-state index is 13.3. The molecule has 2 atom stereocenters. The van der Waals surface area contributed by atoms with Crippen LogP contribution in [0.3, 0.4) is 0 Å². The maximum atomic E-state index is 13.3. The lowest BCUT2D eigenvalue weighted by atomic mass is 10.00. The molecule has 3 saturated heterocycles. The Morgan fingerprint density at radius 2 is 1.97 bits per heavy atom. The van der Waals surface area contributed by atoms with Gasteiger partial charge in [-0.1, -0.05) is 23.2 Å². The quantitative estimate of drug-likeness (QED) is 0.554. The number of sulfonamides is 1. The van der Waals surface area contributed by atoms with Gasteiger partial charge in [-0.3, -0.25) is 9.69 Å². The fourth-order valence-electron chi connectivity index (χ4n) is 5.12. The van der Waals surface area contributed by atoms with E-state index in [9.17, 15) is 13.2 Å². The number of likely N-dealkylation sites (tertiary alicyclic amines) is 1. The summed E-state index contributed by atoms with van der Waals surface area (Å²) in [6.07, 6.45) is 1.92. The number of piperazine rings is 1. The molecule has 1 N–H and O–H groups in total. The lowest BCUT2D eigenvalue weighted by Crippen LogP contribution is -2.57. The van der Waals surface area contributed by atoms with Crippen molar-refractivity contribution in [2.45, 2.75) is 42.8 Å². The zero-order valence-electron chi connectivity index (χ0n) is 20.0. The third kappa shape index (κ3) is 6.48. The smallest absolute Gasteiger partial charge is 0.248 e. The summed E-state index contributed by atoms with van der Waals surface area (Å²) in [7, 11) is -3.87. The third-order valence-corrected chi connectivity index (χ3v) is 9.70. The minimum Gasteiger partial charge on any atom is -0.378 e. The molecule has 4 rings (SSSR count). The molecule has 3 aliphatic rings. The van der Waals surface area contributed by atoms with Crippen LogP contribution in [0.25, 0.3) is 0 Å². The molecule has 0 bridgehead atoms. The van der Waals surface area contributed by atoms with Gasteiger partial charge in [-0.25, -0.2) is 8.42 Å². The summed E-state index contributed by atoms with van der Waals surface area (Å²) in [6.45, 7) is 7.37. The van der Waals surface area contributed by atoms with Gasteiger partial charge in [0, 0.05) is 56.4 Å². The van der Waals surface area contributed by atoms with Crippen molar-refractivity contribution in [2.75, 3.05) is 65.7 Å². The largest absolute Gasteiger partial charge is 0.378 e. The lowest BCUT2D eigenvalue weighted by molar-refractivity contribution is -0.138. The number of benzene rings is 1. The number of hydrogen-bond acceptors (Lipinski definition) is 7. The van der Waals surface area contributed by atoms with Crippen LogP contribution in [0.2, 0.25) is 10.0 Å². The van der Waals surface area contributed by atoms with Crippen LogP contribution in [-0.4, -0.2) is 112 Å². The summed E-state index contributed by atoms with van der Waals surface area (Å²) in [5.74, 6) is -0.0660. The minimum absolute atomic E-state index is 0.00628. The van der Waals surface area contributed by atoms with E-state index in [0.717, 1.165) is 32.5 Å². The number of nitrogens with zero attached hydrogens (tertiary/aromatic N) is 3. The number of ether oxygens (including phenoxy) is 2. The Morgan fingerprint density at radius 1 is 1.20 bits per heavy atom. The molecule has 3 heterocycles. The summed E-state index contributed by atoms with van der Waals surface area (Å²) in [4.78, 5) is 17.1. The van der Waals surface area contributed by atoms with Gasteiger partial charge in [0.1, 0.15) is 11.5 Å². The predicted octanol–water partition coefficient (Wildman–Crippen LogP) is 1.68. The van der Waals surface area contributed by atoms with E-state index >= 15 is 0 Å². The van der Waals surface area contributed by atoms with E-state index in [-0.39, 0.29) is 48.8 Å². The van der Waals surface area contributed by atoms with Crippen LogP contribution in [0.15, 0.2) is 23.1 Å². The molecule has 1 aromatic carbocycles. The molecular weight excluding hydrogens is 515 g/mol. The van der Waals surface area contributed by atoms with Crippen LogP contribution < -0.4 is 5.32 Å². The molecule has 0 radical (unpaired) electrons. The molecule has 12 heteroatoms. The molecule has 0 saturated carbocycles. The lowest BCUT2D eigenvalue weighted by Gasteiger charge is -2.43. The summed E-state index contributed by atoms with van der Waals surface area (Å²) in [5.41, 5.74) is 0. The standard InChI is InChI=1S/C23H34Cl2N4O5S/c1-17-13-26-6-9-28(17)19-4-7-27(8-5-19)23(30)16-34-15-20-14-33-11-10-29(20)35(31,32)22-3-2-18(24)12-21(22)25/h2-3,12,17,19-20,26H,4-11,13-16H2,1H3/t17?,20-/m0/s1. The number of rotatable bonds is 7. The van der Waals surface area contributed by atoms with Crippen molar-refractivity contribution < 1.29 is 22.7 Å². The highest BCUT2D eigenvalue weighted by atomic mass is 35.5. The second-order valence-corrected chi connectivity index (χ2v) is 12.0. The number of carbonyl (C=O) groups excluding carboxylic acids is 1. The van der Waals surface area contributed by atoms with Gasteiger partial charge < -0.3 is 19.7 Å². The van der Waals surface area contributed by atoms with Crippen molar-refractivity contribution in [3.05, 3.63) is 28.2 Å². The number of morpholine rings is 1. The highest BCUT2D eigenvalue weighted by Gasteiger charge is 2.36. The average Bonchev–Trinajstić information content (AvgIpc) is 2.84. The molecule has 1 amide bonds. The normalized spacial score (nSPS) is 25.6. The zero-order valence-corrected chi connectivity index (χ0v) is 22.3. The Labute approximate surface area is 217 Å². The maximum Gasteiger partial charge on any atom is 0.248 e. The molecule has 0 spiro atoms. The van der Waals surface area contributed by atoms with Gasteiger partial charge in [0.25, 0.3) is 0 Å². The van der Waals surface area contributed by atoms with E-state index in [0.29, 0.717) is 30.2 Å². The monoisotopic (exact) mass is 548 g/mol. The Kier molecular flexibility index (Phi) is 9.31. The highest BCUT2D eigenvalue weighted by Crippen LogP contribution is 2.29. The van der Waals surface area contributed by atoms with Crippen molar-refractivity contribution in [3.63, 3.8) is 0 Å².